The van der Waals surface area contributed by atoms with Crippen molar-refractivity contribution in [1.29, 1.82) is 0 Å². The molecule has 0 N–H and O–H groups in total. The van der Waals surface area contributed by atoms with E-state index in [0.29, 0.717) is 17.2 Å². The van der Waals surface area contributed by atoms with Gasteiger partial charge in [0, 0.05) is 25.0 Å². The minimum Gasteiger partial charge on any atom is -0.311 e. The predicted molar refractivity (Wildman–Crippen MR) is 113 cm³/mol. The smallest absolute Gasteiger partial charge is 0.311 e. The van der Waals surface area contributed by atoms with E-state index in [4.69, 9.17) is 4.98 Å². The third kappa shape index (κ3) is 2.68. The molecule has 0 bridgehead atoms. The molecule has 0 atom stereocenters. The van der Waals surface area contributed by atoms with E-state index < -0.39 is 0 Å². The first-order valence-electron chi connectivity index (χ1n) is 10.2. The van der Waals surface area contributed by atoms with Crippen LogP contribution in [0.5, 0.6) is 0 Å². The zero-order chi connectivity index (χ0) is 20.3. The molecule has 1 aliphatic carbocycles. The van der Waals surface area contributed by atoms with Crippen molar-refractivity contribution in [3.05, 3.63) is 68.1 Å². The summed E-state index contributed by atoms with van der Waals surface area (Å²) in [6, 6.07) is 8.30. The average Bonchev–Trinajstić information content (AvgIpc) is 3.39. The van der Waals surface area contributed by atoms with Gasteiger partial charge < -0.3 is 4.57 Å². The van der Waals surface area contributed by atoms with E-state index in [1.165, 1.54) is 22.0 Å². The molecule has 0 saturated heterocycles. The Bertz CT molecular complexity index is 1360. The van der Waals surface area contributed by atoms with Crippen molar-refractivity contribution in [3.8, 4) is 0 Å². The Morgan fingerprint density at radius 2 is 1.90 bits per heavy atom. The molecule has 1 saturated carbocycles. The van der Waals surface area contributed by atoms with Gasteiger partial charge in [-0.3, -0.25) is 18.3 Å². The van der Waals surface area contributed by atoms with Gasteiger partial charge in [-0.1, -0.05) is 42.7 Å². The third-order valence-electron chi connectivity index (χ3n) is 6.18. The van der Waals surface area contributed by atoms with E-state index in [0.717, 1.165) is 35.4 Å². The predicted octanol–water partition coefficient (Wildman–Crippen LogP) is 2.93. The molecule has 3 heterocycles. The number of hydrogen-bond donors (Lipinski definition) is 0. The van der Waals surface area contributed by atoms with Gasteiger partial charge in [0.05, 0.1) is 6.54 Å². The molecular weight excluding hydrogens is 366 g/mol. The number of rotatable bonds is 3. The second kappa shape index (κ2) is 6.47. The van der Waals surface area contributed by atoms with E-state index in [1.54, 1.807) is 7.05 Å². The minimum absolute atomic E-state index is 0.249. The Morgan fingerprint density at radius 1 is 1.14 bits per heavy atom. The number of benzene rings is 1. The number of imidazole rings is 2. The van der Waals surface area contributed by atoms with Gasteiger partial charge in [0.2, 0.25) is 5.78 Å². The van der Waals surface area contributed by atoms with Crippen LogP contribution in [0.25, 0.3) is 16.9 Å². The van der Waals surface area contributed by atoms with Crippen LogP contribution in [-0.2, 0) is 13.6 Å². The normalized spacial score (nSPS) is 15.1. The second-order valence-corrected chi connectivity index (χ2v) is 8.25. The molecule has 7 heteroatoms. The number of aromatic nitrogens is 5. The van der Waals surface area contributed by atoms with Crippen LogP contribution in [0.1, 0.15) is 48.5 Å². The maximum absolute atomic E-state index is 13.4. The Kier molecular flexibility index (Phi) is 4.01. The SMILES string of the molecule is Cc1cccc(Cn2c(=O)c3c(nc4n(C5CCCC5)c(C)cn34)n(C)c2=O)c1. The van der Waals surface area contributed by atoms with Crippen LogP contribution in [0.15, 0.2) is 40.1 Å². The molecule has 0 amide bonds. The van der Waals surface area contributed by atoms with E-state index in [1.807, 2.05) is 41.8 Å². The molecule has 150 valence electrons. The molecule has 29 heavy (non-hydrogen) atoms. The van der Waals surface area contributed by atoms with Crippen molar-refractivity contribution < 1.29 is 0 Å². The Hall–Kier alpha value is -3.09. The van der Waals surface area contributed by atoms with Crippen LogP contribution < -0.4 is 11.2 Å². The van der Waals surface area contributed by atoms with Crippen LogP contribution in [0.4, 0.5) is 0 Å². The standard InChI is InChI=1S/C22H25N5O2/c1-14-7-6-8-16(11-14)13-26-20(28)18-19(24(3)22(26)29)23-21-25(18)12-15(2)27(21)17-9-4-5-10-17/h6-8,11-12,17H,4-5,9-10,13H2,1-3H3. The fraction of sp³-hybridized carbons (Fsp3) is 0.409. The second-order valence-electron chi connectivity index (χ2n) is 8.25. The maximum Gasteiger partial charge on any atom is 0.332 e. The van der Waals surface area contributed by atoms with Crippen LogP contribution >= 0.6 is 0 Å². The Balaban J connectivity index is 1.76. The summed E-state index contributed by atoms with van der Waals surface area (Å²) in [4.78, 5) is 31.1. The molecule has 5 rings (SSSR count). The number of aryl methyl sites for hydroxylation is 3. The molecule has 0 radical (unpaired) electrons. The molecule has 0 aliphatic heterocycles. The molecule has 3 aromatic heterocycles. The summed E-state index contributed by atoms with van der Waals surface area (Å²) in [7, 11) is 1.69. The summed E-state index contributed by atoms with van der Waals surface area (Å²) in [6.45, 7) is 4.31. The highest BCUT2D eigenvalue weighted by Crippen LogP contribution is 2.33. The summed E-state index contributed by atoms with van der Waals surface area (Å²) >= 11 is 0. The van der Waals surface area contributed by atoms with Gasteiger partial charge in [-0.05, 0) is 32.3 Å². The van der Waals surface area contributed by atoms with Crippen LogP contribution in [0.2, 0.25) is 0 Å². The topological polar surface area (TPSA) is 66.2 Å². The largest absolute Gasteiger partial charge is 0.332 e. The molecule has 1 fully saturated rings. The van der Waals surface area contributed by atoms with Gasteiger partial charge in [-0.15, -0.1) is 0 Å². The van der Waals surface area contributed by atoms with Crippen molar-refractivity contribution in [2.75, 3.05) is 0 Å². The minimum atomic E-state index is -0.339. The fourth-order valence-corrected chi connectivity index (χ4v) is 4.77. The van der Waals surface area contributed by atoms with E-state index in [-0.39, 0.29) is 17.8 Å². The fourth-order valence-electron chi connectivity index (χ4n) is 4.77. The zero-order valence-electron chi connectivity index (χ0n) is 17.1. The highest BCUT2D eigenvalue weighted by Gasteiger charge is 2.25. The van der Waals surface area contributed by atoms with Gasteiger partial charge in [0.25, 0.3) is 5.56 Å². The van der Waals surface area contributed by atoms with Crippen molar-refractivity contribution in [3.63, 3.8) is 0 Å². The van der Waals surface area contributed by atoms with Crippen molar-refractivity contribution in [1.82, 2.24) is 23.1 Å². The van der Waals surface area contributed by atoms with E-state index in [9.17, 15) is 9.59 Å². The van der Waals surface area contributed by atoms with Crippen molar-refractivity contribution in [2.45, 2.75) is 52.1 Å². The lowest BCUT2D eigenvalue weighted by atomic mass is 10.1. The summed E-state index contributed by atoms with van der Waals surface area (Å²) in [6.07, 6.45) is 6.68. The first kappa shape index (κ1) is 18.0. The number of hydrogen-bond acceptors (Lipinski definition) is 3. The van der Waals surface area contributed by atoms with Crippen LogP contribution in [-0.4, -0.2) is 23.1 Å². The van der Waals surface area contributed by atoms with Gasteiger partial charge in [-0.25, -0.2) is 4.79 Å². The molecule has 0 unspecified atom stereocenters. The van der Waals surface area contributed by atoms with E-state index in [2.05, 4.69) is 11.5 Å². The lowest BCUT2D eigenvalue weighted by Gasteiger charge is -2.13. The van der Waals surface area contributed by atoms with Crippen LogP contribution in [0, 0.1) is 13.8 Å². The number of nitrogens with zero attached hydrogens (tertiary/aromatic N) is 5. The number of fused-ring (bicyclic) bond motifs is 3. The monoisotopic (exact) mass is 391 g/mol. The highest BCUT2D eigenvalue weighted by atomic mass is 16.2. The molecule has 1 aromatic carbocycles. The summed E-state index contributed by atoms with van der Waals surface area (Å²) in [5.74, 6) is 0.754. The zero-order valence-corrected chi connectivity index (χ0v) is 17.1. The van der Waals surface area contributed by atoms with Gasteiger partial charge in [0.15, 0.2) is 11.2 Å². The van der Waals surface area contributed by atoms with Gasteiger partial charge in [-0.2, -0.15) is 4.98 Å². The molecule has 0 spiro atoms. The molecule has 7 nitrogen and oxygen atoms in total. The molecule has 1 aliphatic rings. The van der Waals surface area contributed by atoms with Gasteiger partial charge >= 0.3 is 5.69 Å². The van der Waals surface area contributed by atoms with Gasteiger partial charge in [0.1, 0.15) is 0 Å². The van der Waals surface area contributed by atoms with Crippen LogP contribution in [0.3, 0.4) is 0 Å². The lowest BCUT2D eigenvalue weighted by molar-refractivity contribution is 0.520. The molecule has 4 aromatic rings. The first-order chi connectivity index (χ1) is 14.0. The molecular formula is C22H25N5O2. The third-order valence-corrected chi connectivity index (χ3v) is 6.18. The van der Waals surface area contributed by atoms with E-state index >= 15 is 0 Å². The highest BCUT2D eigenvalue weighted by molar-refractivity contribution is 5.75. The first-order valence-corrected chi connectivity index (χ1v) is 10.2. The van der Waals surface area contributed by atoms with Crippen molar-refractivity contribution >= 4 is 16.9 Å². The Labute approximate surface area is 167 Å². The Morgan fingerprint density at radius 3 is 2.62 bits per heavy atom. The summed E-state index contributed by atoms with van der Waals surface area (Å²) in [5, 5.41) is 0. The maximum atomic E-state index is 13.4. The van der Waals surface area contributed by atoms with Crippen molar-refractivity contribution in [2.24, 2.45) is 7.05 Å². The lowest BCUT2D eigenvalue weighted by Crippen LogP contribution is -2.39. The summed E-state index contributed by atoms with van der Waals surface area (Å²) < 4.78 is 6.92. The average molecular weight is 391 g/mol. The quantitative estimate of drug-likeness (QED) is 0.539. The summed E-state index contributed by atoms with van der Waals surface area (Å²) in [5.41, 5.74) is 3.42.